The molecule has 1 heterocycles. The van der Waals surface area contributed by atoms with Crippen LogP contribution >= 0.6 is 0 Å². The van der Waals surface area contributed by atoms with Gasteiger partial charge in [-0.15, -0.1) is 0 Å². The Labute approximate surface area is 86.6 Å². The van der Waals surface area contributed by atoms with Crippen LogP contribution in [0.4, 0.5) is 0 Å². The van der Waals surface area contributed by atoms with E-state index in [9.17, 15) is 15.0 Å². The number of ether oxygens (including phenoxy) is 1. The third-order valence-corrected chi connectivity index (χ3v) is 2.05. The molecule has 0 aromatic heterocycles. The van der Waals surface area contributed by atoms with E-state index < -0.39 is 37.1 Å². The van der Waals surface area contributed by atoms with Crippen molar-refractivity contribution in [3.05, 3.63) is 0 Å². The summed E-state index contributed by atoms with van der Waals surface area (Å²) in [6.45, 7) is 0.829. The van der Waals surface area contributed by atoms with Crippen molar-refractivity contribution in [3.63, 3.8) is 0 Å². The number of amides is 1. The lowest BCUT2D eigenvalue weighted by Gasteiger charge is -2.35. The fourth-order valence-electron chi connectivity index (χ4n) is 1.29. The van der Waals surface area contributed by atoms with Crippen LogP contribution in [0.5, 0.6) is 0 Å². The Balaban J connectivity index is 2.44. The van der Waals surface area contributed by atoms with Gasteiger partial charge in [-0.2, -0.15) is 0 Å². The number of carbonyl (C=O) groups excluding carboxylic acids is 1. The molecule has 0 aliphatic carbocycles. The van der Waals surface area contributed by atoms with Gasteiger partial charge < -0.3 is 20.1 Å². The first kappa shape index (κ1) is 12.3. The van der Waals surface area contributed by atoms with Crippen LogP contribution in [0.2, 0.25) is 0 Å². The van der Waals surface area contributed by atoms with E-state index in [2.05, 4.69) is 5.48 Å². The Bertz CT molecular complexity index is 223. The number of hydroxylamine groups is 1. The molecule has 1 fully saturated rings. The molecule has 4 unspecified atom stereocenters. The highest BCUT2D eigenvalue weighted by atomic mass is 16.8. The SMILES string of the molecule is CC(=O)NOC1CC(O)C(O)C(CO)O1. The van der Waals surface area contributed by atoms with Crippen molar-refractivity contribution in [2.45, 2.75) is 37.9 Å². The lowest BCUT2D eigenvalue weighted by molar-refractivity contribution is -0.271. The average Bonchev–Trinajstić information content (AvgIpc) is 2.19. The summed E-state index contributed by atoms with van der Waals surface area (Å²) in [6, 6.07) is 0. The summed E-state index contributed by atoms with van der Waals surface area (Å²) in [5.74, 6) is -0.403. The number of rotatable bonds is 3. The number of carbonyl (C=O) groups is 1. The van der Waals surface area contributed by atoms with Crippen molar-refractivity contribution in [2.24, 2.45) is 0 Å². The Hall–Kier alpha value is -0.730. The van der Waals surface area contributed by atoms with Crippen LogP contribution in [0.15, 0.2) is 0 Å². The van der Waals surface area contributed by atoms with Gasteiger partial charge in [0.2, 0.25) is 5.91 Å². The van der Waals surface area contributed by atoms with Crippen molar-refractivity contribution in [1.29, 1.82) is 0 Å². The molecule has 0 saturated carbocycles. The second kappa shape index (κ2) is 5.38. The summed E-state index contributed by atoms with van der Waals surface area (Å²) in [5, 5.41) is 27.6. The number of hydrogen-bond acceptors (Lipinski definition) is 6. The molecule has 0 spiro atoms. The predicted molar refractivity (Wildman–Crippen MR) is 47.3 cm³/mol. The molecule has 4 N–H and O–H groups in total. The maximum Gasteiger partial charge on any atom is 0.240 e. The van der Waals surface area contributed by atoms with E-state index >= 15 is 0 Å². The zero-order valence-electron chi connectivity index (χ0n) is 8.29. The van der Waals surface area contributed by atoms with Crippen molar-refractivity contribution < 1.29 is 29.7 Å². The smallest absolute Gasteiger partial charge is 0.240 e. The van der Waals surface area contributed by atoms with Crippen molar-refractivity contribution >= 4 is 5.91 Å². The Morgan fingerprint density at radius 2 is 2.27 bits per heavy atom. The fourth-order valence-corrected chi connectivity index (χ4v) is 1.29. The van der Waals surface area contributed by atoms with Crippen LogP contribution in [-0.2, 0) is 14.4 Å². The molecule has 0 radical (unpaired) electrons. The van der Waals surface area contributed by atoms with Gasteiger partial charge in [0.25, 0.3) is 0 Å². The second-order valence-corrected chi connectivity index (χ2v) is 3.36. The number of nitrogens with one attached hydrogen (secondary N) is 1. The first-order valence-electron chi connectivity index (χ1n) is 4.59. The summed E-state index contributed by atoms with van der Waals surface area (Å²) in [5.41, 5.74) is 2.06. The van der Waals surface area contributed by atoms with E-state index in [1.54, 1.807) is 0 Å². The van der Waals surface area contributed by atoms with Gasteiger partial charge in [0.15, 0.2) is 6.29 Å². The van der Waals surface area contributed by atoms with Gasteiger partial charge in [0.05, 0.1) is 12.7 Å². The molecular weight excluding hydrogens is 206 g/mol. The third-order valence-electron chi connectivity index (χ3n) is 2.05. The predicted octanol–water partition coefficient (Wildman–Crippen LogP) is -2.12. The first-order valence-corrected chi connectivity index (χ1v) is 4.59. The van der Waals surface area contributed by atoms with E-state index in [4.69, 9.17) is 14.7 Å². The molecule has 0 aromatic rings. The first-order chi connectivity index (χ1) is 7.04. The van der Waals surface area contributed by atoms with E-state index in [1.165, 1.54) is 6.92 Å². The largest absolute Gasteiger partial charge is 0.394 e. The summed E-state index contributed by atoms with van der Waals surface area (Å²) in [4.78, 5) is 15.3. The van der Waals surface area contributed by atoms with Crippen LogP contribution in [0.3, 0.4) is 0 Å². The molecule has 1 rings (SSSR count). The van der Waals surface area contributed by atoms with Crippen LogP contribution in [-0.4, -0.2) is 52.4 Å². The molecule has 7 heteroatoms. The molecular formula is C8H15NO6. The minimum Gasteiger partial charge on any atom is -0.394 e. The lowest BCUT2D eigenvalue weighted by Crippen LogP contribution is -2.51. The fraction of sp³-hybridized carbons (Fsp3) is 0.875. The Morgan fingerprint density at radius 1 is 1.60 bits per heavy atom. The monoisotopic (exact) mass is 221 g/mol. The molecule has 4 atom stereocenters. The highest BCUT2D eigenvalue weighted by Crippen LogP contribution is 2.20. The van der Waals surface area contributed by atoms with Crippen molar-refractivity contribution in [2.75, 3.05) is 6.61 Å². The van der Waals surface area contributed by atoms with Gasteiger partial charge in [-0.1, -0.05) is 0 Å². The number of aliphatic hydroxyl groups is 3. The topological polar surface area (TPSA) is 108 Å². The van der Waals surface area contributed by atoms with Crippen LogP contribution in [0, 0.1) is 0 Å². The van der Waals surface area contributed by atoms with Crippen LogP contribution in [0.25, 0.3) is 0 Å². The average molecular weight is 221 g/mol. The van der Waals surface area contributed by atoms with Gasteiger partial charge in [-0.3, -0.25) is 4.79 Å². The zero-order chi connectivity index (χ0) is 11.4. The maximum atomic E-state index is 10.5. The Kier molecular flexibility index (Phi) is 4.43. The van der Waals surface area contributed by atoms with Gasteiger partial charge in [0.1, 0.15) is 12.2 Å². The normalized spacial score (nSPS) is 36.3. The van der Waals surface area contributed by atoms with E-state index in [0.717, 1.165) is 0 Å². The molecule has 1 aliphatic heterocycles. The minimum atomic E-state index is -1.15. The molecule has 7 nitrogen and oxygen atoms in total. The molecule has 1 saturated heterocycles. The van der Waals surface area contributed by atoms with Crippen molar-refractivity contribution in [1.82, 2.24) is 5.48 Å². The van der Waals surface area contributed by atoms with E-state index in [0.29, 0.717) is 0 Å². The second-order valence-electron chi connectivity index (χ2n) is 3.36. The molecule has 0 bridgehead atoms. The van der Waals surface area contributed by atoms with E-state index in [-0.39, 0.29) is 6.42 Å². The molecule has 88 valence electrons. The van der Waals surface area contributed by atoms with E-state index in [1.807, 2.05) is 0 Å². The standard InChI is InChI=1S/C8H15NO6/c1-4(11)9-15-7-2-5(12)8(13)6(3-10)14-7/h5-8,10,12-13H,2-3H2,1H3,(H,9,11). The Morgan fingerprint density at radius 3 is 2.80 bits per heavy atom. The number of aliphatic hydroxyl groups excluding tert-OH is 3. The lowest BCUT2D eigenvalue weighted by atomic mass is 10.0. The highest BCUT2D eigenvalue weighted by Gasteiger charge is 2.37. The molecule has 1 amide bonds. The van der Waals surface area contributed by atoms with Crippen LogP contribution in [0.1, 0.15) is 13.3 Å². The molecule has 15 heavy (non-hydrogen) atoms. The van der Waals surface area contributed by atoms with Gasteiger partial charge in [-0.05, 0) is 0 Å². The quantitative estimate of drug-likeness (QED) is 0.406. The van der Waals surface area contributed by atoms with Gasteiger partial charge in [0, 0.05) is 13.3 Å². The van der Waals surface area contributed by atoms with Gasteiger partial charge >= 0.3 is 0 Å². The third kappa shape index (κ3) is 3.40. The molecule has 1 aliphatic rings. The van der Waals surface area contributed by atoms with Crippen LogP contribution < -0.4 is 5.48 Å². The summed E-state index contributed by atoms with van der Waals surface area (Å²) in [7, 11) is 0. The minimum absolute atomic E-state index is 0.0257. The summed E-state index contributed by atoms with van der Waals surface area (Å²) in [6.07, 6.45) is -3.95. The summed E-state index contributed by atoms with van der Waals surface area (Å²) < 4.78 is 5.07. The maximum absolute atomic E-state index is 10.5. The molecule has 0 aromatic carbocycles. The number of hydrogen-bond donors (Lipinski definition) is 4. The summed E-state index contributed by atoms with van der Waals surface area (Å²) >= 11 is 0. The van der Waals surface area contributed by atoms with Crippen molar-refractivity contribution in [3.8, 4) is 0 Å². The van der Waals surface area contributed by atoms with Gasteiger partial charge in [-0.25, -0.2) is 10.3 Å². The highest BCUT2D eigenvalue weighted by molar-refractivity contribution is 5.71. The zero-order valence-corrected chi connectivity index (χ0v) is 8.29.